The Kier molecular flexibility index (Phi) is 4.62. The molecule has 0 aliphatic carbocycles. The Balaban J connectivity index is 2.17. The van der Waals surface area contributed by atoms with Crippen LogP contribution in [0, 0.1) is 0 Å². The molecule has 1 aromatic carbocycles. The zero-order valence-corrected chi connectivity index (χ0v) is 12.8. The number of hydrogen-bond acceptors (Lipinski definition) is 3. The lowest BCUT2D eigenvalue weighted by atomic mass is 10.2. The largest absolute Gasteiger partial charge is 0.399 e. The fourth-order valence-electron chi connectivity index (χ4n) is 2.24. The second kappa shape index (κ2) is 6.43. The highest BCUT2D eigenvalue weighted by Crippen LogP contribution is 2.17. The van der Waals surface area contributed by atoms with Crippen LogP contribution in [0.3, 0.4) is 0 Å². The highest BCUT2D eigenvalue weighted by molar-refractivity contribution is 5.93. The first-order valence-corrected chi connectivity index (χ1v) is 7.28. The third-order valence-electron chi connectivity index (χ3n) is 3.49. The number of hydrogen-bond donors (Lipinski definition) is 2. The molecule has 5 heteroatoms. The molecule has 0 bridgehead atoms. The van der Waals surface area contributed by atoms with Gasteiger partial charge < -0.3 is 11.1 Å². The Hall–Kier alpha value is -2.30. The second-order valence-electron chi connectivity index (χ2n) is 5.07. The van der Waals surface area contributed by atoms with Gasteiger partial charge >= 0.3 is 0 Å². The van der Waals surface area contributed by atoms with Gasteiger partial charge in [-0.1, -0.05) is 19.9 Å². The summed E-state index contributed by atoms with van der Waals surface area (Å²) < 4.78 is 1.81. The van der Waals surface area contributed by atoms with Crippen LogP contribution in [0.1, 0.15) is 38.2 Å². The predicted molar refractivity (Wildman–Crippen MR) is 85.2 cm³/mol. The van der Waals surface area contributed by atoms with Crippen molar-refractivity contribution in [3.63, 3.8) is 0 Å². The van der Waals surface area contributed by atoms with E-state index in [2.05, 4.69) is 30.3 Å². The van der Waals surface area contributed by atoms with Gasteiger partial charge in [0.05, 0.1) is 5.69 Å². The van der Waals surface area contributed by atoms with E-state index in [0.717, 1.165) is 24.2 Å². The summed E-state index contributed by atoms with van der Waals surface area (Å²) in [4.78, 5) is 12.4. The van der Waals surface area contributed by atoms with E-state index < -0.39 is 0 Å². The molecule has 0 saturated carbocycles. The van der Waals surface area contributed by atoms with Crippen LogP contribution >= 0.6 is 0 Å². The normalized spacial score (nSPS) is 12.1. The van der Waals surface area contributed by atoms with E-state index in [1.165, 1.54) is 0 Å². The lowest BCUT2D eigenvalue weighted by Crippen LogP contribution is -2.25. The van der Waals surface area contributed by atoms with Crippen molar-refractivity contribution in [1.82, 2.24) is 9.78 Å². The number of amides is 1. The standard InChI is InChI=1S/C16H22N4O/c1-4-13-10-15(5-2)20(19-13)11(3)16(21)18-14-8-6-7-12(17)9-14/h6-11H,4-5,17H2,1-3H3,(H,18,21). The van der Waals surface area contributed by atoms with Gasteiger partial charge in [0, 0.05) is 17.1 Å². The Bertz CT molecular complexity index is 633. The fourth-order valence-corrected chi connectivity index (χ4v) is 2.24. The maximum absolute atomic E-state index is 12.4. The van der Waals surface area contributed by atoms with Crippen LogP contribution in [0.2, 0.25) is 0 Å². The molecule has 112 valence electrons. The molecule has 0 saturated heterocycles. The predicted octanol–water partition coefficient (Wildman–Crippen LogP) is 2.79. The lowest BCUT2D eigenvalue weighted by molar-refractivity contribution is -0.119. The van der Waals surface area contributed by atoms with Crippen LogP contribution in [0.5, 0.6) is 0 Å². The number of nitrogens with zero attached hydrogens (tertiary/aromatic N) is 2. The summed E-state index contributed by atoms with van der Waals surface area (Å²) in [6, 6.07) is 8.87. The van der Waals surface area contributed by atoms with Gasteiger partial charge in [-0.05, 0) is 44.0 Å². The molecule has 1 aromatic heterocycles. The van der Waals surface area contributed by atoms with Crippen molar-refractivity contribution >= 4 is 17.3 Å². The summed E-state index contributed by atoms with van der Waals surface area (Å²) in [6.07, 6.45) is 1.71. The molecule has 0 aliphatic heterocycles. The highest BCUT2D eigenvalue weighted by Gasteiger charge is 2.19. The molecule has 5 nitrogen and oxygen atoms in total. The number of anilines is 2. The molecule has 1 heterocycles. The van der Waals surface area contributed by atoms with Gasteiger partial charge in [0.25, 0.3) is 0 Å². The van der Waals surface area contributed by atoms with Gasteiger partial charge in [0.15, 0.2) is 0 Å². The van der Waals surface area contributed by atoms with E-state index in [0.29, 0.717) is 11.4 Å². The van der Waals surface area contributed by atoms with Gasteiger partial charge in [-0.3, -0.25) is 9.48 Å². The number of rotatable bonds is 5. The molecule has 1 atom stereocenters. The van der Waals surface area contributed by atoms with Crippen LogP contribution in [0.15, 0.2) is 30.3 Å². The van der Waals surface area contributed by atoms with Gasteiger partial charge in [-0.2, -0.15) is 5.10 Å². The topological polar surface area (TPSA) is 72.9 Å². The first-order valence-electron chi connectivity index (χ1n) is 7.28. The van der Waals surface area contributed by atoms with Crippen LogP contribution in [-0.2, 0) is 17.6 Å². The first kappa shape index (κ1) is 15.1. The van der Waals surface area contributed by atoms with E-state index in [4.69, 9.17) is 5.73 Å². The summed E-state index contributed by atoms with van der Waals surface area (Å²) in [5.74, 6) is -0.0962. The van der Waals surface area contributed by atoms with E-state index in [1.54, 1.807) is 16.8 Å². The van der Waals surface area contributed by atoms with Gasteiger partial charge in [-0.15, -0.1) is 0 Å². The maximum atomic E-state index is 12.4. The third kappa shape index (κ3) is 3.42. The molecule has 2 aromatic rings. The van der Waals surface area contributed by atoms with E-state index in [9.17, 15) is 4.79 Å². The number of carbonyl (C=O) groups is 1. The smallest absolute Gasteiger partial charge is 0.248 e. The van der Waals surface area contributed by atoms with Crippen molar-refractivity contribution in [3.05, 3.63) is 41.7 Å². The van der Waals surface area contributed by atoms with E-state index in [-0.39, 0.29) is 11.9 Å². The number of benzene rings is 1. The number of aromatic nitrogens is 2. The number of nitrogens with two attached hydrogens (primary N) is 1. The molecule has 1 amide bonds. The monoisotopic (exact) mass is 286 g/mol. The second-order valence-corrected chi connectivity index (χ2v) is 5.07. The lowest BCUT2D eigenvalue weighted by Gasteiger charge is -2.15. The number of nitrogens with one attached hydrogen (secondary N) is 1. The van der Waals surface area contributed by atoms with Crippen molar-refractivity contribution in [3.8, 4) is 0 Å². The highest BCUT2D eigenvalue weighted by atomic mass is 16.2. The summed E-state index contributed by atoms with van der Waals surface area (Å²) in [7, 11) is 0. The van der Waals surface area contributed by atoms with Crippen molar-refractivity contribution in [2.75, 3.05) is 11.1 Å². The number of aryl methyl sites for hydroxylation is 2. The van der Waals surface area contributed by atoms with Crippen LogP contribution in [-0.4, -0.2) is 15.7 Å². The van der Waals surface area contributed by atoms with Crippen LogP contribution < -0.4 is 11.1 Å². The SMILES string of the molecule is CCc1cc(CC)n(C(C)C(=O)Nc2cccc(N)c2)n1. The van der Waals surface area contributed by atoms with Crippen molar-refractivity contribution in [2.24, 2.45) is 0 Å². The molecule has 2 rings (SSSR count). The van der Waals surface area contributed by atoms with Gasteiger partial charge in [0.1, 0.15) is 6.04 Å². The average molecular weight is 286 g/mol. The molecule has 3 N–H and O–H groups in total. The first-order chi connectivity index (χ1) is 10.0. The summed E-state index contributed by atoms with van der Waals surface area (Å²) >= 11 is 0. The van der Waals surface area contributed by atoms with Crippen molar-refractivity contribution < 1.29 is 4.79 Å². The maximum Gasteiger partial charge on any atom is 0.248 e. The minimum atomic E-state index is -0.360. The number of carbonyl (C=O) groups excluding carboxylic acids is 1. The average Bonchev–Trinajstić information content (AvgIpc) is 2.89. The zero-order valence-electron chi connectivity index (χ0n) is 12.8. The molecular weight excluding hydrogens is 264 g/mol. The minimum Gasteiger partial charge on any atom is -0.399 e. The van der Waals surface area contributed by atoms with E-state index in [1.807, 2.05) is 19.1 Å². The Morgan fingerprint density at radius 3 is 2.71 bits per heavy atom. The molecule has 0 fully saturated rings. The zero-order chi connectivity index (χ0) is 15.4. The van der Waals surface area contributed by atoms with Crippen LogP contribution in [0.4, 0.5) is 11.4 Å². The molecule has 0 aliphatic rings. The fraction of sp³-hybridized carbons (Fsp3) is 0.375. The summed E-state index contributed by atoms with van der Waals surface area (Å²) in [5.41, 5.74) is 9.13. The summed E-state index contributed by atoms with van der Waals surface area (Å²) in [5, 5.41) is 7.39. The van der Waals surface area contributed by atoms with E-state index >= 15 is 0 Å². The molecule has 21 heavy (non-hydrogen) atoms. The van der Waals surface area contributed by atoms with Gasteiger partial charge in [-0.25, -0.2) is 0 Å². The van der Waals surface area contributed by atoms with Crippen LogP contribution in [0.25, 0.3) is 0 Å². The van der Waals surface area contributed by atoms with Gasteiger partial charge in [0.2, 0.25) is 5.91 Å². The Labute approximate surface area is 125 Å². The Morgan fingerprint density at radius 1 is 1.33 bits per heavy atom. The van der Waals surface area contributed by atoms with Crippen molar-refractivity contribution in [1.29, 1.82) is 0 Å². The molecule has 0 spiro atoms. The number of nitrogen functional groups attached to an aromatic ring is 1. The molecule has 0 radical (unpaired) electrons. The summed E-state index contributed by atoms with van der Waals surface area (Å²) in [6.45, 7) is 5.98. The Morgan fingerprint density at radius 2 is 2.10 bits per heavy atom. The third-order valence-corrected chi connectivity index (χ3v) is 3.49. The van der Waals surface area contributed by atoms with Crippen molar-refractivity contribution in [2.45, 2.75) is 39.7 Å². The minimum absolute atomic E-state index is 0.0962. The molecular formula is C16H22N4O. The quantitative estimate of drug-likeness (QED) is 0.830. The molecule has 1 unspecified atom stereocenters.